The van der Waals surface area contributed by atoms with Gasteiger partial charge in [0, 0.05) is 5.56 Å². The molecule has 2 rings (SSSR count). The lowest BCUT2D eigenvalue weighted by atomic mass is 10.1. The Morgan fingerprint density at radius 1 is 1.19 bits per heavy atom. The number of aliphatic hydroxyl groups is 1. The summed E-state index contributed by atoms with van der Waals surface area (Å²) in [5.41, 5.74) is 1.59. The van der Waals surface area contributed by atoms with Crippen LogP contribution in [0.2, 0.25) is 0 Å². The number of aliphatic hydroxyl groups excluding tert-OH is 1. The highest BCUT2D eigenvalue weighted by molar-refractivity contribution is 5.94. The Morgan fingerprint density at radius 3 is 2.62 bits per heavy atom. The van der Waals surface area contributed by atoms with Crippen LogP contribution in [0.15, 0.2) is 54.6 Å². The van der Waals surface area contributed by atoms with E-state index in [1.807, 2.05) is 30.3 Å². The monoisotopic (exact) mass is 285 g/mol. The number of benzene rings is 2. The summed E-state index contributed by atoms with van der Waals surface area (Å²) in [4.78, 5) is 12.2. The summed E-state index contributed by atoms with van der Waals surface area (Å²) in [5, 5.41) is 12.3. The van der Waals surface area contributed by atoms with Gasteiger partial charge in [0.1, 0.15) is 5.75 Å². The van der Waals surface area contributed by atoms with Crippen LogP contribution in [0.25, 0.3) is 0 Å². The molecule has 0 fully saturated rings. The number of hydrogen-bond acceptors (Lipinski definition) is 3. The van der Waals surface area contributed by atoms with Crippen molar-refractivity contribution in [1.29, 1.82) is 0 Å². The highest BCUT2D eigenvalue weighted by Gasteiger charge is 2.14. The van der Waals surface area contributed by atoms with Gasteiger partial charge in [-0.05, 0) is 30.2 Å². The third kappa shape index (κ3) is 4.33. The van der Waals surface area contributed by atoms with Gasteiger partial charge in [-0.1, -0.05) is 36.4 Å². The summed E-state index contributed by atoms with van der Waals surface area (Å²) in [5.74, 6) is 0.412. The zero-order chi connectivity index (χ0) is 15.1. The van der Waals surface area contributed by atoms with Crippen molar-refractivity contribution < 1.29 is 14.6 Å². The minimum Gasteiger partial charge on any atom is -0.497 e. The first-order valence-electron chi connectivity index (χ1n) is 6.82. The van der Waals surface area contributed by atoms with Gasteiger partial charge in [0.05, 0.1) is 19.8 Å². The molecule has 2 aromatic carbocycles. The second-order valence-corrected chi connectivity index (χ2v) is 4.77. The highest BCUT2D eigenvalue weighted by atomic mass is 16.5. The molecule has 0 aliphatic rings. The lowest BCUT2D eigenvalue weighted by Crippen LogP contribution is -2.39. The van der Waals surface area contributed by atoms with E-state index in [1.54, 1.807) is 31.4 Å². The van der Waals surface area contributed by atoms with Crippen molar-refractivity contribution >= 4 is 5.91 Å². The fourth-order valence-corrected chi connectivity index (χ4v) is 2.09. The number of hydrogen-bond donors (Lipinski definition) is 2. The zero-order valence-corrected chi connectivity index (χ0v) is 12.0. The summed E-state index contributed by atoms with van der Waals surface area (Å²) in [6, 6.07) is 16.4. The van der Waals surface area contributed by atoms with Gasteiger partial charge in [0.25, 0.3) is 5.91 Å². The Kier molecular flexibility index (Phi) is 5.35. The molecule has 2 N–H and O–H groups in total. The standard InChI is InChI=1S/C17H19NO3/c1-21-16-9-5-8-14(11-16)17(20)18-15(12-19)10-13-6-3-2-4-7-13/h2-9,11,15,19H,10,12H2,1H3,(H,18,20)/t15-/m1/s1. The molecule has 0 spiro atoms. The molecule has 110 valence electrons. The lowest BCUT2D eigenvalue weighted by Gasteiger charge is -2.16. The van der Waals surface area contributed by atoms with Crippen molar-refractivity contribution in [3.05, 3.63) is 65.7 Å². The first-order valence-corrected chi connectivity index (χ1v) is 6.82. The largest absolute Gasteiger partial charge is 0.497 e. The summed E-state index contributed by atoms with van der Waals surface area (Å²) < 4.78 is 5.10. The molecule has 0 aromatic heterocycles. The predicted octanol–water partition coefficient (Wildman–Crippen LogP) is 2.03. The van der Waals surface area contributed by atoms with Gasteiger partial charge in [-0.15, -0.1) is 0 Å². The average molecular weight is 285 g/mol. The first-order chi connectivity index (χ1) is 10.2. The molecule has 4 heteroatoms. The maximum absolute atomic E-state index is 12.2. The molecule has 21 heavy (non-hydrogen) atoms. The number of carbonyl (C=O) groups excluding carboxylic acids is 1. The van der Waals surface area contributed by atoms with Gasteiger partial charge >= 0.3 is 0 Å². The van der Waals surface area contributed by atoms with Crippen LogP contribution in [-0.2, 0) is 6.42 Å². The van der Waals surface area contributed by atoms with Crippen molar-refractivity contribution in [1.82, 2.24) is 5.32 Å². The van der Waals surface area contributed by atoms with E-state index in [0.29, 0.717) is 17.7 Å². The number of methoxy groups -OCH3 is 1. The fraction of sp³-hybridized carbons (Fsp3) is 0.235. The first kappa shape index (κ1) is 15.1. The number of rotatable bonds is 6. The van der Waals surface area contributed by atoms with Crippen LogP contribution in [0, 0.1) is 0 Å². The minimum absolute atomic E-state index is 0.107. The Hall–Kier alpha value is -2.33. The highest BCUT2D eigenvalue weighted by Crippen LogP contribution is 2.13. The third-order valence-corrected chi connectivity index (χ3v) is 3.21. The second-order valence-electron chi connectivity index (χ2n) is 4.77. The summed E-state index contributed by atoms with van der Waals surface area (Å²) in [7, 11) is 1.56. The molecule has 0 aliphatic heterocycles. The van der Waals surface area contributed by atoms with E-state index in [-0.39, 0.29) is 18.6 Å². The van der Waals surface area contributed by atoms with Gasteiger partial charge < -0.3 is 15.2 Å². The molecule has 2 aromatic rings. The second kappa shape index (κ2) is 7.45. The van der Waals surface area contributed by atoms with E-state index in [2.05, 4.69) is 5.32 Å². The molecular weight excluding hydrogens is 266 g/mol. The Balaban J connectivity index is 2.02. The van der Waals surface area contributed by atoms with E-state index in [4.69, 9.17) is 4.74 Å². The van der Waals surface area contributed by atoms with E-state index in [0.717, 1.165) is 5.56 Å². The van der Waals surface area contributed by atoms with E-state index in [1.165, 1.54) is 0 Å². The van der Waals surface area contributed by atoms with Crippen molar-refractivity contribution in [3.63, 3.8) is 0 Å². The zero-order valence-electron chi connectivity index (χ0n) is 12.0. The number of amides is 1. The minimum atomic E-state index is -0.314. The van der Waals surface area contributed by atoms with E-state index >= 15 is 0 Å². The van der Waals surface area contributed by atoms with Crippen LogP contribution in [0.3, 0.4) is 0 Å². The van der Waals surface area contributed by atoms with Gasteiger partial charge in [0.15, 0.2) is 0 Å². The molecule has 0 bridgehead atoms. The molecular formula is C17H19NO3. The molecule has 0 saturated carbocycles. The Labute approximate surface area is 124 Å². The summed E-state index contributed by atoms with van der Waals surface area (Å²) in [6.07, 6.45) is 0.590. The van der Waals surface area contributed by atoms with Gasteiger partial charge in [-0.3, -0.25) is 4.79 Å². The number of carbonyl (C=O) groups is 1. The summed E-state index contributed by atoms with van der Waals surface area (Å²) in [6.45, 7) is -0.107. The van der Waals surface area contributed by atoms with Gasteiger partial charge in [-0.2, -0.15) is 0 Å². The average Bonchev–Trinajstić information content (AvgIpc) is 2.55. The molecule has 4 nitrogen and oxygen atoms in total. The summed E-state index contributed by atoms with van der Waals surface area (Å²) >= 11 is 0. The van der Waals surface area contributed by atoms with Crippen LogP contribution >= 0.6 is 0 Å². The molecule has 1 atom stereocenters. The molecule has 0 unspecified atom stereocenters. The normalized spacial score (nSPS) is 11.7. The topological polar surface area (TPSA) is 58.6 Å². The van der Waals surface area contributed by atoms with Crippen molar-refractivity contribution in [2.45, 2.75) is 12.5 Å². The lowest BCUT2D eigenvalue weighted by molar-refractivity contribution is 0.0916. The molecule has 0 heterocycles. The third-order valence-electron chi connectivity index (χ3n) is 3.21. The van der Waals surface area contributed by atoms with E-state index < -0.39 is 0 Å². The van der Waals surface area contributed by atoms with Crippen molar-refractivity contribution in [3.8, 4) is 5.75 Å². The molecule has 0 radical (unpaired) electrons. The van der Waals surface area contributed by atoms with Crippen LogP contribution < -0.4 is 10.1 Å². The smallest absolute Gasteiger partial charge is 0.251 e. The SMILES string of the molecule is COc1cccc(C(=O)N[C@@H](CO)Cc2ccccc2)c1. The number of nitrogens with one attached hydrogen (secondary N) is 1. The van der Waals surface area contributed by atoms with Crippen LogP contribution in [-0.4, -0.2) is 30.8 Å². The quantitative estimate of drug-likeness (QED) is 0.854. The van der Waals surface area contributed by atoms with Crippen LogP contribution in [0.4, 0.5) is 0 Å². The fourth-order valence-electron chi connectivity index (χ4n) is 2.09. The van der Waals surface area contributed by atoms with Crippen molar-refractivity contribution in [2.75, 3.05) is 13.7 Å². The Morgan fingerprint density at radius 2 is 1.95 bits per heavy atom. The van der Waals surface area contributed by atoms with Gasteiger partial charge in [0.2, 0.25) is 0 Å². The Bertz CT molecular complexity index is 584. The van der Waals surface area contributed by atoms with Gasteiger partial charge in [-0.25, -0.2) is 0 Å². The van der Waals surface area contributed by atoms with Crippen LogP contribution in [0.1, 0.15) is 15.9 Å². The molecule has 0 saturated heterocycles. The van der Waals surface area contributed by atoms with Crippen LogP contribution in [0.5, 0.6) is 5.75 Å². The maximum Gasteiger partial charge on any atom is 0.251 e. The number of ether oxygens (including phenoxy) is 1. The maximum atomic E-state index is 12.2. The molecule has 1 amide bonds. The van der Waals surface area contributed by atoms with Crippen molar-refractivity contribution in [2.24, 2.45) is 0 Å². The predicted molar refractivity (Wildman–Crippen MR) is 81.5 cm³/mol. The molecule has 0 aliphatic carbocycles. The van der Waals surface area contributed by atoms with E-state index in [9.17, 15) is 9.90 Å².